The number of likely N-dealkylation sites (tertiary alicyclic amines) is 1. The minimum Gasteiger partial charge on any atom is -0.444 e. The molecule has 1 fully saturated rings. The molecule has 0 saturated carbocycles. The first-order valence-electron chi connectivity index (χ1n) is 8.54. The molecule has 1 aliphatic rings. The minimum atomic E-state index is -3.85. The highest BCUT2D eigenvalue weighted by Crippen LogP contribution is 2.24. The topological polar surface area (TPSA) is 107 Å². The van der Waals surface area contributed by atoms with Crippen molar-refractivity contribution in [2.75, 3.05) is 13.1 Å². The van der Waals surface area contributed by atoms with Crippen molar-refractivity contribution in [1.29, 1.82) is 0 Å². The second-order valence-corrected chi connectivity index (χ2v) is 7.86. The molecule has 0 radical (unpaired) electrons. The summed E-state index contributed by atoms with van der Waals surface area (Å²) < 4.78 is 28.2. The third kappa shape index (κ3) is 4.53. The monoisotopic (exact) mass is 388 g/mol. The van der Waals surface area contributed by atoms with Crippen LogP contribution in [0.3, 0.4) is 0 Å². The number of carbonyl (C=O) groups is 2. The Hall–Kier alpha value is -2.71. The van der Waals surface area contributed by atoms with Crippen molar-refractivity contribution in [3.63, 3.8) is 0 Å². The number of rotatable bonds is 5. The second-order valence-electron chi connectivity index (χ2n) is 6.30. The largest absolute Gasteiger partial charge is 0.444 e. The van der Waals surface area contributed by atoms with Gasteiger partial charge in [-0.05, 0) is 37.1 Å². The van der Waals surface area contributed by atoms with Crippen molar-refractivity contribution in [2.24, 2.45) is 5.14 Å². The maximum atomic E-state index is 12.9. The van der Waals surface area contributed by atoms with Crippen molar-refractivity contribution in [3.05, 3.63) is 65.7 Å². The zero-order valence-electron chi connectivity index (χ0n) is 14.6. The van der Waals surface area contributed by atoms with Gasteiger partial charge in [0.15, 0.2) is 0 Å². The third-order valence-corrected chi connectivity index (χ3v) is 5.32. The molecular formula is C19H20N2O5S. The summed E-state index contributed by atoms with van der Waals surface area (Å²) in [6.45, 7) is 1.28. The van der Waals surface area contributed by atoms with Crippen LogP contribution < -0.4 is 5.14 Å². The second kappa shape index (κ2) is 7.89. The van der Waals surface area contributed by atoms with Crippen LogP contribution in [0.15, 0.2) is 59.5 Å². The van der Waals surface area contributed by atoms with Gasteiger partial charge in [0.05, 0.1) is 10.5 Å². The number of nitrogens with zero attached hydrogens (tertiary/aromatic N) is 1. The molecule has 1 amide bonds. The standard InChI is InChI=1S/C19H20N2O5S/c20-27(24,25)16-10-8-15(9-11-16)19(23)26-17(14-6-2-1-3-7-14)18(22)21-12-4-5-13-21/h1-3,6-11,17H,4-5,12-13H2,(H2,20,24,25). The first kappa shape index (κ1) is 19.1. The zero-order valence-corrected chi connectivity index (χ0v) is 15.4. The molecule has 1 atom stereocenters. The fourth-order valence-corrected chi connectivity index (χ4v) is 3.46. The van der Waals surface area contributed by atoms with Crippen LogP contribution in [0.25, 0.3) is 0 Å². The number of hydrogen-bond acceptors (Lipinski definition) is 5. The Labute approximate surface area is 157 Å². The lowest BCUT2D eigenvalue weighted by molar-refractivity contribution is -0.140. The van der Waals surface area contributed by atoms with E-state index in [9.17, 15) is 18.0 Å². The number of amides is 1. The van der Waals surface area contributed by atoms with E-state index in [-0.39, 0.29) is 16.4 Å². The van der Waals surface area contributed by atoms with E-state index < -0.39 is 22.1 Å². The summed E-state index contributed by atoms with van der Waals surface area (Å²) in [6.07, 6.45) is 0.807. The van der Waals surface area contributed by atoms with E-state index >= 15 is 0 Å². The number of primary sulfonamides is 1. The van der Waals surface area contributed by atoms with Gasteiger partial charge in [0, 0.05) is 18.7 Å². The molecule has 2 aromatic rings. The molecular weight excluding hydrogens is 368 g/mol. The van der Waals surface area contributed by atoms with Crippen molar-refractivity contribution < 1.29 is 22.7 Å². The fourth-order valence-electron chi connectivity index (χ4n) is 2.95. The Kier molecular flexibility index (Phi) is 5.57. The van der Waals surface area contributed by atoms with Crippen molar-refractivity contribution in [3.8, 4) is 0 Å². The number of nitrogens with two attached hydrogens (primary N) is 1. The molecule has 1 unspecified atom stereocenters. The summed E-state index contributed by atoms with van der Waals surface area (Å²) in [5.41, 5.74) is 0.724. The maximum Gasteiger partial charge on any atom is 0.339 e. The van der Waals surface area contributed by atoms with Crippen LogP contribution in [-0.4, -0.2) is 38.3 Å². The van der Waals surface area contributed by atoms with Gasteiger partial charge in [-0.2, -0.15) is 0 Å². The quantitative estimate of drug-likeness (QED) is 0.787. The molecule has 0 aliphatic carbocycles. The van der Waals surface area contributed by atoms with E-state index in [2.05, 4.69) is 0 Å². The molecule has 1 saturated heterocycles. The Bertz CT molecular complexity index is 920. The molecule has 1 heterocycles. The average molecular weight is 388 g/mol. The number of benzene rings is 2. The van der Waals surface area contributed by atoms with Crippen LogP contribution in [0.1, 0.15) is 34.9 Å². The summed E-state index contributed by atoms with van der Waals surface area (Å²) >= 11 is 0. The normalized spacial score (nSPS) is 15.4. The van der Waals surface area contributed by atoms with E-state index in [1.807, 2.05) is 6.07 Å². The molecule has 7 nitrogen and oxygen atoms in total. The Balaban J connectivity index is 1.83. The van der Waals surface area contributed by atoms with Crippen LogP contribution in [0, 0.1) is 0 Å². The number of hydrogen-bond donors (Lipinski definition) is 1. The molecule has 27 heavy (non-hydrogen) atoms. The molecule has 0 bridgehead atoms. The van der Waals surface area contributed by atoms with Crippen LogP contribution in [-0.2, 0) is 19.6 Å². The Morgan fingerprint density at radius 3 is 2.11 bits per heavy atom. The minimum absolute atomic E-state index is 0.105. The van der Waals surface area contributed by atoms with Crippen LogP contribution >= 0.6 is 0 Å². The predicted octanol–water partition coefficient (Wildman–Crippen LogP) is 1.85. The molecule has 0 aromatic heterocycles. The van der Waals surface area contributed by atoms with E-state index in [1.165, 1.54) is 24.3 Å². The molecule has 142 valence electrons. The van der Waals surface area contributed by atoms with Gasteiger partial charge in [0.25, 0.3) is 5.91 Å². The predicted molar refractivity (Wildman–Crippen MR) is 98.2 cm³/mol. The average Bonchev–Trinajstić information content (AvgIpc) is 3.20. The van der Waals surface area contributed by atoms with Gasteiger partial charge in [-0.1, -0.05) is 30.3 Å². The summed E-state index contributed by atoms with van der Waals surface area (Å²) in [5.74, 6) is -0.967. The summed E-state index contributed by atoms with van der Waals surface area (Å²) in [6, 6.07) is 13.9. The number of esters is 1. The van der Waals surface area contributed by atoms with E-state index in [4.69, 9.17) is 9.88 Å². The van der Waals surface area contributed by atoms with Crippen LogP contribution in [0.2, 0.25) is 0 Å². The molecule has 1 aliphatic heterocycles. The number of ether oxygens (including phenoxy) is 1. The molecule has 2 aromatic carbocycles. The van der Waals surface area contributed by atoms with Crippen LogP contribution in [0.4, 0.5) is 0 Å². The molecule has 2 N–H and O–H groups in total. The fraction of sp³-hybridized carbons (Fsp3) is 0.263. The first-order chi connectivity index (χ1) is 12.9. The Morgan fingerprint density at radius 1 is 0.963 bits per heavy atom. The van der Waals surface area contributed by atoms with Gasteiger partial charge in [-0.25, -0.2) is 18.4 Å². The Morgan fingerprint density at radius 2 is 1.56 bits per heavy atom. The summed E-state index contributed by atoms with van der Waals surface area (Å²) in [4.78, 5) is 27.0. The van der Waals surface area contributed by atoms with Crippen LogP contribution in [0.5, 0.6) is 0 Å². The highest BCUT2D eigenvalue weighted by molar-refractivity contribution is 7.89. The summed E-state index contributed by atoms with van der Waals surface area (Å²) in [5, 5.41) is 5.06. The van der Waals surface area contributed by atoms with Gasteiger partial charge in [-0.3, -0.25) is 4.79 Å². The van der Waals surface area contributed by atoms with Crippen molar-refractivity contribution >= 4 is 21.9 Å². The lowest BCUT2D eigenvalue weighted by Crippen LogP contribution is -2.34. The SMILES string of the molecule is NS(=O)(=O)c1ccc(C(=O)OC(C(=O)N2CCCC2)c2ccccc2)cc1. The zero-order chi connectivity index (χ0) is 19.4. The van der Waals surface area contributed by atoms with Crippen molar-refractivity contribution in [1.82, 2.24) is 4.90 Å². The van der Waals surface area contributed by atoms with E-state index in [0.29, 0.717) is 18.7 Å². The molecule has 3 rings (SSSR count). The highest BCUT2D eigenvalue weighted by atomic mass is 32.2. The number of sulfonamides is 1. The lowest BCUT2D eigenvalue weighted by atomic mass is 10.1. The van der Waals surface area contributed by atoms with Gasteiger partial charge < -0.3 is 9.64 Å². The van der Waals surface area contributed by atoms with E-state index in [0.717, 1.165) is 12.8 Å². The van der Waals surface area contributed by atoms with Gasteiger partial charge >= 0.3 is 5.97 Å². The third-order valence-electron chi connectivity index (χ3n) is 4.39. The lowest BCUT2D eigenvalue weighted by Gasteiger charge is -2.23. The van der Waals surface area contributed by atoms with Gasteiger partial charge in [0.1, 0.15) is 0 Å². The molecule has 0 spiro atoms. The number of carbonyl (C=O) groups excluding carboxylic acids is 2. The first-order valence-corrected chi connectivity index (χ1v) is 10.1. The highest BCUT2D eigenvalue weighted by Gasteiger charge is 2.31. The summed E-state index contributed by atoms with van der Waals surface area (Å²) in [7, 11) is -3.85. The maximum absolute atomic E-state index is 12.9. The molecule has 8 heteroatoms. The van der Waals surface area contributed by atoms with E-state index in [1.54, 1.807) is 29.2 Å². The van der Waals surface area contributed by atoms with Gasteiger partial charge in [0.2, 0.25) is 16.1 Å². The van der Waals surface area contributed by atoms with Gasteiger partial charge in [-0.15, -0.1) is 0 Å². The smallest absolute Gasteiger partial charge is 0.339 e. The van der Waals surface area contributed by atoms with Crippen molar-refractivity contribution in [2.45, 2.75) is 23.8 Å².